The first-order valence-electron chi connectivity index (χ1n) is 13.4. The van der Waals surface area contributed by atoms with Gasteiger partial charge in [-0.05, 0) is 81.5 Å². The Balaban J connectivity index is 1.88. The van der Waals surface area contributed by atoms with Gasteiger partial charge in [0.2, 0.25) is 0 Å². The highest BCUT2D eigenvalue weighted by Crippen LogP contribution is 2.45. The Morgan fingerprint density at radius 2 is 1.50 bits per heavy atom. The van der Waals surface area contributed by atoms with E-state index in [2.05, 4.69) is 72.7 Å². The van der Waals surface area contributed by atoms with Crippen molar-refractivity contribution in [1.29, 1.82) is 0 Å². The predicted octanol–water partition coefficient (Wildman–Crippen LogP) is 8.76. The van der Waals surface area contributed by atoms with Crippen molar-refractivity contribution in [2.24, 2.45) is 0 Å². The maximum Gasteiger partial charge on any atom is 0.0702 e. The van der Waals surface area contributed by atoms with Crippen LogP contribution in [0.25, 0.3) is 22.4 Å². The molecule has 0 N–H and O–H groups in total. The number of hydrogen-bond acceptors (Lipinski definition) is 1. The van der Waals surface area contributed by atoms with E-state index in [1.165, 1.54) is 23.1 Å². The molecule has 1 nitrogen and oxygen atoms in total. The maximum atomic E-state index is 8.22. The normalized spacial score (nSPS) is 19.3. The van der Waals surface area contributed by atoms with Crippen molar-refractivity contribution in [3.05, 3.63) is 77.0 Å². The number of rotatable bonds is 2. The van der Waals surface area contributed by atoms with Gasteiger partial charge < -0.3 is 0 Å². The van der Waals surface area contributed by atoms with Gasteiger partial charge in [0.1, 0.15) is 0 Å². The fourth-order valence-electron chi connectivity index (χ4n) is 5.05. The Morgan fingerprint density at radius 3 is 2.12 bits per heavy atom. The number of pyridine rings is 1. The van der Waals surface area contributed by atoms with E-state index in [0.29, 0.717) is 5.56 Å². The zero-order valence-corrected chi connectivity index (χ0v) is 20.8. The average molecular weight is 429 g/mol. The highest BCUT2D eigenvalue weighted by atomic mass is 14.7. The molecule has 0 aliphatic heterocycles. The molecule has 1 heteroatoms. The molecule has 1 aliphatic rings. The third kappa shape index (κ3) is 4.27. The number of benzene rings is 2. The molecule has 0 radical (unpaired) electrons. The first-order chi connectivity index (χ1) is 16.1. The summed E-state index contributed by atoms with van der Waals surface area (Å²) in [5, 5.41) is 0. The van der Waals surface area contributed by atoms with Crippen LogP contribution in [0.5, 0.6) is 0 Å². The van der Waals surface area contributed by atoms with Gasteiger partial charge in [0.05, 0.1) is 5.69 Å². The van der Waals surface area contributed by atoms with Crippen LogP contribution in [0.1, 0.15) is 94.1 Å². The SMILES string of the molecule is [2H]C([2H])([2H])c1ccc(-c2ccc(C(C)(C)C)cn2)cc1-c1ccc2c(c1)C(C)(C)CCCC2(C)C. The zero-order valence-electron chi connectivity index (χ0n) is 23.8. The van der Waals surface area contributed by atoms with Crippen LogP contribution < -0.4 is 0 Å². The molecule has 2 aromatic carbocycles. The fraction of sp³-hybridized carbons (Fsp3) is 0.452. The minimum atomic E-state index is -2.20. The van der Waals surface area contributed by atoms with E-state index >= 15 is 0 Å². The Morgan fingerprint density at radius 1 is 0.812 bits per heavy atom. The van der Waals surface area contributed by atoms with Gasteiger partial charge >= 0.3 is 0 Å². The topological polar surface area (TPSA) is 12.9 Å². The summed E-state index contributed by atoms with van der Waals surface area (Å²) in [7, 11) is 0. The lowest BCUT2D eigenvalue weighted by Crippen LogP contribution is -2.22. The van der Waals surface area contributed by atoms with Crippen LogP contribution in [0.3, 0.4) is 0 Å². The van der Waals surface area contributed by atoms with Gasteiger partial charge in [0.25, 0.3) is 0 Å². The van der Waals surface area contributed by atoms with Crippen molar-refractivity contribution in [3.8, 4) is 22.4 Å². The molecule has 0 unspecified atom stereocenters. The molecule has 3 aromatic rings. The second-order valence-corrected chi connectivity index (χ2v) is 11.8. The van der Waals surface area contributed by atoms with Gasteiger partial charge in [-0.3, -0.25) is 4.98 Å². The first kappa shape index (κ1) is 19.1. The van der Waals surface area contributed by atoms with E-state index in [4.69, 9.17) is 9.10 Å². The number of nitrogens with zero attached hydrogens (tertiary/aromatic N) is 1. The van der Waals surface area contributed by atoms with E-state index in [0.717, 1.165) is 35.2 Å². The Labute approximate surface area is 199 Å². The summed E-state index contributed by atoms with van der Waals surface area (Å²) in [6, 6.07) is 16.4. The molecule has 0 fully saturated rings. The molecule has 0 amide bonds. The molecule has 0 saturated carbocycles. The van der Waals surface area contributed by atoms with Gasteiger partial charge in [-0.2, -0.15) is 0 Å². The number of aryl methyl sites for hydroxylation is 1. The first-order valence-corrected chi connectivity index (χ1v) is 11.9. The van der Waals surface area contributed by atoms with Gasteiger partial charge in [0, 0.05) is 15.9 Å². The third-order valence-electron chi connectivity index (χ3n) is 7.34. The van der Waals surface area contributed by atoms with Crippen LogP contribution in [0.15, 0.2) is 54.7 Å². The quantitative estimate of drug-likeness (QED) is 0.372. The molecule has 1 heterocycles. The number of hydrogen-bond donors (Lipinski definition) is 0. The standard InChI is InChI=1S/C31H39N/c1-21-10-11-23(28-15-13-24(20-32-28)29(2,3)4)18-25(21)22-12-14-26-27(19-22)31(7,8)17-9-16-30(26,5)6/h10-15,18-20H,9,16-17H2,1-8H3/i1D3. The second kappa shape index (κ2) is 7.87. The lowest BCUT2D eigenvalue weighted by atomic mass is 9.74. The van der Waals surface area contributed by atoms with Gasteiger partial charge in [-0.25, -0.2) is 0 Å². The summed E-state index contributed by atoms with van der Waals surface area (Å²) in [5.74, 6) is 0. The lowest BCUT2D eigenvalue weighted by Gasteiger charge is -2.30. The van der Waals surface area contributed by atoms with Crippen molar-refractivity contribution >= 4 is 0 Å². The summed E-state index contributed by atoms with van der Waals surface area (Å²) in [5.41, 5.74) is 7.99. The van der Waals surface area contributed by atoms with Crippen LogP contribution in [-0.4, -0.2) is 4.98 Å². The van der Waals surface area contributed by atoms with Crippen molar-refractivity contribution < 1.29 is 4.11 Å². The maximum absolute atomic E-state index is 8.22. The average Bonchev–Trinajstić information content (AvgIpc) is 2.85. The second-order valence-electron chi connectivity index (χ2n) is 11.8. The summed E-state index contributed by atoms with van der Waals surface area (Å²) in [6.07, 6.45) is 5.41. The molecule has 0 bridgehead atoms. The zero-order chi connectivity index (χ0) is 25.8. The van der Waals surface area contributed by atoms with Crippen LogP contribution in [0.2, 0.25) is 0 Å². The minimum absolute atomic E-state index is 0.0320. The molecule has 0 spiro atoms. The minimum Gasteiger partial charge on any atom is -0.256 e. The van der Waals surface area contributed by atoms with E-state index in [1.807, 2.05) is 24.4 Å². The van der Waals surface area contributed by atoms with Gasteiger partial charge in [-0.1, -0.05) is 91.3 Å². The summed E-state index contributed by atoms with van der Waals surface area (Å²) in [6.45, 7) is 13.6. The summed E-state index contributed by atoms with van der Waals surface area (Å²) >= 11 is 0. The monoisotopic (exact) mass is 428 g/mol. The number of fused-ring (bicyclic) bond motifs is 1. The van der Waals surface area contributed by atoms with Crippen LogP contribution in [0.4, 0.5) is 0 Å². The van der Waals surface area contributed by atoms with E-state index in [-0.39, 0.29) is 16.2 Å². The lowest BCUT2D eigenvalue weighted by molar-refractivity contribution is 0.433. The van der Waals surface area contributed by atoms with Gasteiger partial charge in [-0.15, -0.1) is 0 Å². The molecular weight excluding hydrogens is 386 g/mol. The van der Waals surface area contributed by atoms with Crippen molar-refractivity contribution in [2.75, 3.05) is 0 Å². The van der Waals surface area contributed by atoms with Crippen molar-refractivity contribution in [2.45, 2.75) is 90.8 Å². The molecule has 168 valence electrons. The van der Waals surface area contributed by atoms with Gasteiger partial charge in [0.15, 0.2) is 0 Å². The molecular formula is C31H39N. The van der Waals surface area contributed by atoms with Crippen LogP contribution >= 0.6 is 0 Å². The van der Waals surface area contributed by atoms with Crippen molar-refractivity contribution in [3.63, 3.8) is 0 Å². The molecule has 1 aromatic heterocycles. The Hall–Kier alpha value is -2.41. The van der Waals surface area contributed by atoms with E-state index in [1.54, 1.807) is 6.07 Å². The molecule has 32 heavy (non-hydrogen) atoms. The van der Waals surface area contributed by atoms with E-state index in [9.17, 15) is 0 Å². The fourth-order valence-corrected chi connectivity index (χ4v) is 5.05. The van der Waals surface area contributed by atoms with Crippen molar-refractivity contribution in [1.82, 2.24) is 4.98 Å². The Bertz CT molecular complexity index is 1230. The van der Waals surface area contributed by atoms with Crippen LogP contribution in [-0.2, 0) is 16.2 Å². The summed E-state index contributed by atoms with van der Waals surface area (Å²) in [4.78, 5) is 4.73. The molecule has 4 rings (SSSR count). The highest BCUT2D eigenvalue weighted by Gasteiger charge is 2.34. The third-order valence-corrected chi connectivity index (χ3v) is 7.34. The largest absolute Gasteiger partial charge is 0.256 e. The number of aromatic nitrogens is 1. The highest BCUT2D eigenvalue weighted by molar-refractivity contribution is 5.75. The van der Waals surface area contributed by atoms with E-state index < -0.39 is 6.85 Å². The van der Waals surface area contributed by atoms with Crippen LogP contribution in [0, 0.1) is 6.85 Å². The smallest absolute Gasteiger partial charge is 0.0702 e. The predicted molar refractivity (Wildman–Crippen MR) is 138 cm³/mol. The Kier molecular flexibility index (Phi) is 4.70. The molecule has 0 saturated heterocycles. The molecule has 0 atom stereocenters. The molecule has 1 aliphatic carbocycles. The summed E-state index contributed by atoms with van der Waals surface area (Å²) < 4.78 is 24.7.